The van der Waals surface area contributed by atoms with Gasteiger partial charge >= 0.3 is 0 Å². The molecule has 0 spiro atoms. The van der Waals surface area contributed by atoms with Gasteiger partial charge in [0.15, 0.2) is 0 Å². The van der Waals surface area contributed by atoms with E-state index in [2.05, 4.69) is 30.4 Å². The van der Waals surface area contributed by atoms with Crippen LogP contribution in [0.5, 0.6) is 0 Å². The third kappa shape index (κ3) is 2.28. The average molecular weight is 218 g/mol. The zero-order chi connectivity index (χ0) is 11.5. The van der Waals surface area contributed by atoms with E-state index in [0.29, 0.717) is 0 Å². The summed E-state index contributed by atoms with van der Waals surface area (Å²) >= 11 is 0. The van der Waals surface area contributed by atoms with Crippen molar-refractivity contribution in [3.63, 3.8) is 0 Å². The molecule has 2 heteroatoms. The zero-order valence-electron chi connectivity index (χ0n) is 10.3. The maximum atomic E-state index is 5.99. The van der Waals surface area contributed by atoms with Gasteiger partial charge in [0.05, 0.1) is 0 Å². The lowest BCUT2D eigenvalue weighted by Crippen LogP contribution is -2.33. The Hall–Kier alpha value is -0.860. The number of benzene rings is 1. The van der Waals surface area contributed by atoms with E-state index in [1.165, 1.54) is 42.4 Å². The van der Waals surface area contributed by atoms with Gasteiger partial charge < -0.3 is 11.1 Å². The van der Waals surface area contributed by atoms with Crippen molar-refractivity contribution in [3.05, 3.63) is 34.9 Å². The molecule has 3 N–H and O–H groups in total. The van der Waals surface area contributed by atoms with E-state index in [4.69, 9.17) is 5.73 Å². The minimum absolute atomic E-state index is 0.145. The number of aryl methyl sites for hydroxylation is 2. The first-order chi connectivity index (χ1) is 7.72. The van der Waals surface area contributed by atoms with E-state index in [0.717, 1.165) is 0 Å². The van der Waals surface area contributed by atoms with Gasteiger partial charge in [-0.1, -0.05) is 18.2 Å². The van der Waals surface area contributed by atoms with E-state index >= 15 is 0 Å². The molecular formula is C14H22N2. The first-order valence-corrected chi connectivity index (χ1v) is 6.27. The maximum absolute atomic E-state index is 5.99. The number of hydrogen-bond donors (Lipinski definition) is 2. The topological polar surface area (TPSA) is 38.0 Å². The minimum atomic E-state index is 0.145. The fraction of sp³-hybridized carbons (Fsp3) is 0.571. The molecule has 0 fully saturated rings. The molecule has 0 amide bonds. The molecule has 2 unspecified atom stereocenters. The molecule has 0 saturated carbocycles. The average Bonchev–Trinajstić information content (AvgIpc) is 2.29. The molecule has 0 saturated heterocycles. The van der Waals surface area contributed by atoms with Crippen LogP contribution < -0.4 is 11.1 Å². The minimum Gasteiger partial charge on any atom is -0.326 e. The largest absolute Gasteiger partial charge is 0.326 e. The van der Waals surface area contributed by atoms with Crippen LogP contribution in [0, 0.1) is 0 Å². The number of nitrogens with one attached hydrogen (secondary N) is 1. The molecule has 0 heterocycles. The second-order valence-corrected chi connectivity index (χ2v) is 4.86. The van der Waals surface area contributed by atoms with E-state index in [1.54, 1.807) is 0 Å². The molecule has 1 aliphatic rings. The number of hydrogen-bond acceptors (Lipinski definition) is 2. The van der Waals surface area contributed by atoms with Crippen molar-refractivity contribution < 1.29 is 0 Å². The van der Waals surface area contributed by atoms with Crippen molar-refractivity contribution in [2.24, 2.45) is 5.73 Å². The van der Waals surface area contributed by atoms with Gasteiger partial charge in [0, 0.05) is 12.1 Å². The molecule has 1 aromatic carbocycles. The summed E-state index contributed by atoms with van der Waals surface area (Å²) < 4.78 is 0. The predicted molar refractivity (Wildman–Crippen MR) is 68.5 cm³/mol. The van der Waals surface area contributed by atoms with Crippen LogP contribution in [0.3, 0.4) is 0 Å². The Bertz CT molecular complexity index is 358. The van der Waals surface area contributed by atoms with E-state index in [9.17, 15) is 0 Å². The summed E-state index contributed by atoms with van der Waals surface area (Å²) in [5.41, 5.74) is 10.4. The molecule has 2 atom stereocenters. The van der Waals surface area contributed by atoms with E-state index in [-0.39, 0.29) is 12.1 Å². The van der Waals surface area contributed by atoms with Crippen molar-refractivity contribution in [1.29, 1.82) is 0 Å². The highest BCUT2D eigenvalue weighted by atomic mass is 14.9. The van der Waals surface area contributed by atoms with Crippen molar-refractivity contribution >= 4 is 0 Å². The molecule has 0 aromatic heterocycles. The molecule has 0 bridgehead atoms. The van der Waals surface area contributed by atoms with Crippen molar-refractivity contribution in [3.8, 4) is 0 Å². The smallest absolute Gasteiger partial charge is 0.0468 e. The first-order valence-electron chi connectivity index (χ1n) is 6.27. The standard InChI is InChI=1S/C14H22N2/c1-10(15)14(16-2)13-8-7-11-5-3-4-6-12(11)9-13/h7-10,14,16H,3-6,15H2,1-2H3. The van der Waals surface area contributed by atoms with Crippen LogP contribution >= 0.6 is 0 Å². The fourth-order valence-corrected chi connectivity index (χ4v) is 2.68. The highest BCUT2D eigenvalue weighted by molar-refractivity contribution is 5.35. The lowest BCUT2D eigenvalue weighted by atomic mass is 9.88. The normalized spacial score (nSPS) is 18.9. The maximum Gasteiger partial charge on any atom is 0.0468 e. The van der Waals surface area contributed by atoms with Gasteiger partial charge in [-0.25, -0.2) is 0 Å². The van der Waals surface area contributed by atoms with Crippen molar-refractivity contribution in [1.82, 2.24) is 5.32 Å². The third-order valence-electron chi connectivity index (χ3n) is 3.57. The van der Waals surface area contributed by atoms with Crippen LogP contribution in [0.4, 0.5) is 0 Å². The number of rotatable bonds is 3. The Morgan fingerprint density at radius 1 is 1.19 bits per heavy atom. The molecule has 2 rings (SSSR count). The van der Waals surface area contributed by atoms with Crippen LogP contribution in [0.2, 0.25) is 0 Å². The molecular weight excluding hydrogens is 196 g/mol. The monoisotopic (exact) mass is 218 g/mol. The number of fused-ring (bicyclic) bond motifs is 1. The summed E-state index contributed by atoms with van der Waals surface area (Å²) in [5, 5.41) is 3.30. The van der Waals surface area contributed by atoms with E-state index < -0.39 is 0 Å². The van der Waals surface area contributed by atoms with Crippen molar-refractivity contribution in [2.75, 3.05) is 7.05 Å². The van der Waals surface area contributed by atoms with Gasteiger partial charge in [-0.2, -0.15) is 0 Å². The Kier molecular flexibility index (Phi) is 3.62. The summed E-state index contributed by atoms with van der Waals surface area (Å²) in [5.74, 6) is 0. The number of nitrogens with two attached hydrogens (primary N) is 1. The van der Waals surface area contributed by atoms with Gasteiger partial charge in [0.25, 0.3) is 0 Å². The molecule has 16 heavy (non-hydrogen) atoms. The highest BCUT2D eigenvalue weighted by Crippen LogP contribution is 2.25. The fourth-order valence-electron chi connectivity index (χ4n) is 2.68. The summed E-state index contributed by atoms with van der Waals surface area (Å²) in [6.07, 6.45) is 5.16. The molecule has 0 aliphatic heterocycles. The molecule has 2 nitrogen and oxygen atoms in total. The Labute approximate surface area is 98.2 Å². The van der Waals surface area contributed by atoms with Gasteiger partial charge in [-0.3, -0.25) is 0 Å². The second-order valence-electron chi connectivity index (χ2n) is 4.86. The quantitative estimate of drug-likeness (QED) is 0.816. The predicted octanol–water partition coefficient (Wildman–Crippen LogP) is 2.17. The molecule has 0 radical (unpaired) electrons. The van der Waals surface area contributed by atoms with Gasteiger partial charge in [0.2, 0.25) is 0 Å². The van der Waals surface area contributed by atoms with Gasteiger partial charge in [-0.05, 0) is 56.3 Å². The van der Waals surface area contributed by atoms with Crippen LogP contribution in [0.1, 0.15) is 42.5 Å². The summed E-state index contributed by atoms with van der Waals surface area (Å²) in [4.78, 5) is 0. The lowest BCUT2D eigenvalue weighted by Gasteiger charge is -2.23. The third-order valence-corrected chi connectivity index (χ3v) is 3.57. The second kappa shape index (κ2) is 4.98. The van der Waals surface area contributed by atoms with Crippen LogP contribution in [-0.2, 0) is 12.8 Å². The Morgan fingerprint density at radius 2 is 1.88 bits per heavy atom. The Balaban J connectivity index is 2.28. The number of likely N-dealkylation sites (N-methyl/N-ethyl adjacent to an activating group) is 1. The Morgan fingerprint density at radius 3 is 2.50 bits per heavy atom. The lowest BCUT2D eigenvalue weighted by molar-refractivity contribution is 0.502. The van der Waals surface area contributed by atoms with Crippen LogP contribution in [0.15, 0.2) is 18.2 Å². The zero-order valence-corrected chi connectivity index (χ0v) is 10.3. The van der Waals surface area contributed by atoms with Crippen LogP contribution in [0.25, 0.3) is 0 Å². The SMILES string of the molecule is CNC(c1ccc2c(c1)CCCC2)C(C)N. The first kappa shape index (κ1) is 11.6. The summed E-state index contributed by atoms with van der Waals surface area (Å²) in [6, 6.07) is 7.28. The summed E-state index contributed by atoms with van der Waals surface area (Å²) in [7, 11) is 1.98. The van der Waals surface area contributed by atoms with Crippen molar-refractivity contribution in [2.45, 2.75) is 44.7 Å². The van der Waals surface area contributed by atoms with Gasteiger partial charge in [0.1, 0.15) is 0 Å². The molecule has 88 valence electrons. The summed E-state index contributed by atoms with van der Waals surface area (Å²) in [6.45, 7) is 2.06. The van der Waals surface area contributed by atoms with Gasteiger partial charge in [-0.15, -0.1) is 0 Å². The van der Waals surface area contributed by atoms with E-state index in [1.807, 2.05) is 7.05 Å². The molecule has 1 aromatic rings. The molecule has 1 aliphatic carbocycles. The highest BCUT2D eigenvalue weighted by Gasteiger charge is 2.16. The van der Waals surface area contributed by atoms with Crippen LogP contribution in [-0.4, -0.2) is 13.1 Å².